The van der Waals surface area contributed by atoms with Crippen LogP contribution in [0.25, 0.3) is 0 Å². The monoisotopic (exact) mass is 803 g/mol. The number of halogens is 3. The maximum atomic E-state index is 11.9. The van der Waals surface area contributed by atoms with Crippen LogP contribution in [-0.4, -0.2) is 60.6 Å². The Kier molecular flexibility index (Phi) is 30.2. The molecule has 6 nitrogen and oxygen atoms in total. The van der Waals surface area contributed by atoms with E-state index in [4.69, 9.17) is 27.9 Å². The zero-order valence-electron chi connectivity index (χ0n) is 37.1. The third-order valence-corrected chi connectivity index (χ3v) is 8.60. The fourth-order valence-corrected chi connectivity index (χ4v) is 3.97. The van der Waals surface area contributed by atoms with Crippen molar-refractivity contribution in [2.75, 3.05) is 5.83 Å². The fourth-order valence-electron chi connectivity index (χ4n) is 3.97. The summed E-state index contributed by atoms with van der Waals surface area (Å²) in [4.78, 5) is 0. The summed E-state index contributed by atoms with van der Waals surface area (Å²) in [6, 6.07) is 15.9. The summed E-state index contributed by atoms with van der Waals surface area (Å²) < 4.78 is 58.7. The van der Waals surface area contributed by atoms with E-state index in [0.29, 0.717) is 0 Å². The molecule has 3 aliphatic heterocycles. The first kappa shape index (κ1) is 57.5. The molecule has 3 aliphatic rings. The van der Waals surface area contributed by atoms with Gasteiger partial charge in [-0.3, -0.25) is 0 Å². The van der Waals surface area contributed by atoms with Crippen molar-refractivity contribution in [1.82, 2.24) is 0 Å². The van der Waals surface area contributed by atoms with Crippen LogP contribution in [0.2, 0.25) is 6.82 Å². The lowest BCUT2D eigenvalue weighted by Gasteiger charge is -2.32. The lowest BCUT2D eigenvalue weighted by Crippen LogP contribution is -2.41. The highest BCUT2D eigenvalue weighted by Crippen LogP contribution is 2.43. The second-order valence-corrected chi connectivity index (χ2v) is 13.7. The van der Waals surface area contributed by atoms with Gasteiger partial charge in [0.25, 0.3) is 0 Å². The highest BCUT2D eigenvalue weighted by atomic mass is 79.9. The standard InChI is InChI=1S/C12H24B2O4.C7H15BO2.2C6H5F.4C2H6.CH3Br/c1-9(2)10(3,4)16-13(15-9)14-17-11(5,6)12(7,8)18-14;1-6(2)7(3,4)10-8(5)9-6;2*7-6-4-2-1-3-5-6;5*1-2/h1-8H3;1-5H3;2*1-5H;4*1-2H3;1H3. The van der Waals surface area contributed by atoms with E-state index in [0.717, 1.165) is 0 Å². The van der Waals surface area contributed by atoms with Gasteiger partial charge in [0.15, 0.2) is 0 Å². The minimum absolute atomic E-state index is 0.0648. The summed E-state index contributed by atoms with van der Waals surface area (Å²) in [5.41, 5.74) is -1.76. The fraction of sp³-hybridized carbons (Fsp3) is 0.700. The molecule has 0 radical (unpaired) electrons. The first-order valence-corrected chi connectivity index (χ1v) is 20.5. The summed E-state index contributed by atoms with van der Waals surface area (Å²) in [7, 11) is -1.02. The zero-order chi connectivity index (χ0) is 42.2. The van der Waals surface area contributed by atoms with Crippen molar-refractivity contribution in [3.05, 3.63) is 72.3 Å². The maximum absolute atomic E-state index is 11.9. The third-order valence-electron chi connectivity index (χ3n) is 8.60. The molecule has 0 N–H and O–H groups in total. The molecule has 0 atom stereocenters. The second kappa shape index (κ2) is 27.3. The van der Waals surface area contributed by atoms with Crippen LogP contribution >= 0.6 is 15.9 Å². The Hall–Kier alpha value is -1.27. The molecule has 0 unspecified atom stereocenters. The van der Waals surface area contributed by atoms with Gasteiger partial charge < -0.3 is 27.9 Å². The molecule has 0 spiro atoms. The zero-order valence-corrected chi connectivity index (χ0v) is 38.7. The minimum atomic E-state index is -0.476. The summed E-state index contributed by atoms with van der Waals surface area (Å²) in [6.45, 7) is 42.3. The molecule has 0 amide bonds. The molecule has 0 aliphatic carbocycles. The van der Waals surface area contributed by atoms with Gasteiger partial charge in [0.05, 0.1) is 33.6 Å². The number of alkyl halides is 1. The first-order valence-electron chi connectivity index (χ1n) is 18.9. The Morgan fingerprint density at radius 3 is 0.673 bits per heavy atom. The summed E-state index contributed by atoms with van der Waals surface area (Å²) in [6.07, 6.45) is 0. The highest BCUT2D eigenvalue weighted by Gasteiger charge is 2.63. The molecule has 3 heterocycles. The summed E-state index contributed by atoms with van der Waals surface area (Å²) in [5.74, 6) is 1.46. The first-order chi connectivity index (χ1) is 24.0. The third kappa shape index (κ3) is 19.4. The molecule has 3 fully saturated rings. The minimum Gasteiger partial charge on any atom is -0.405 e. The van der Waals surface area contributed by atoms with Gasteiger partial charge in [0, 0.05) is 0 Å². The molecule has 302 valence electrons. The molecule has 2 aromatic carbocycles. The molecule has 3 saturated heterocycles. The van der Waals surface area contributed by atoms with E-state index in [9.17, 15) is 8.78 Å². The van der Waals surface area contributed by atoms with E-state index in [1.807, 2.05) is 123 Å². The Balaban J connectivity index is -0.000000290. The van der Waals surface area contributed by atoms with Crippen LogP contribution in [0.4, 0.5) is 8.78 Å². The SMILES string of the molecule is CB1OC(C)(C)C(C)(C)O1.CBr.CC.CC.CC.CC.CC1(C)OB(B2OC(C)(C)C(C)(C)O2)OC1(C)C.Fc1ccccc1.Fc1ccccc1. The number of hydrogen-bond acceptors (Lipinski definition) is 6. The van der Waals surface area contributed by atoms with Gasteiger partial charge in [-0.05, 0) is 120 Å². The lowest BCUT2D eigenvalue weighted by molar-refractivity contribution is 0.00578. The highest BCUT2D eigenvalue weighted by molar-refractivity contribution is 9.08. The topological polar surface area (TPSA) is 55.4 Å². The average Bonchev–Trinajstić information content (AvgIpc) is 3.55. The van der Waals surface area contributed by atoms with E-state index in [1.54, 1.807) is 36.4 Å². The Bertz CT molecular complexity index is 1010. The van der Waals surface area contributed by atoms with E-state index in [-0.39, 0.29) is 52.4 Å². The van der Waals surface area contributed by atoms with Gasteiger partial charge in [-0.1, -0.05) is 108 Å². The van der Waals surface area contributed by atoms with Crippen molar-refractivity contribution >= 4 is 37.1 Å². The van der Waals surface area contributed by atoms with Crippen molar-refractivity contribution in [2.45, 2.75) is 179 Å². The average molecular weight is 803 g/mol. The number of benzene rings is 2. The van der Waals surface area contributed by atoms with Crippen LogP contribution in [0.15, 0.2) is 60.7 Å². The molecule has 12 heteroatoms. The van der Waals surface area contributed by atoms with Gasteiger partial charge in [-0.25, -0.2) is 8.78 Å². The van der Waals surface area contributed by atoms with Gasteiger partial charge in [0.1, 0.15) is 11.6 Å². The van der Waals surface area contributed by atoms with Gasteiger partial charge >= 0.3 is 21.1 Å². The van der Waals surface area contributed by atoms with Crippen molar-refractivity contribution < 1.29 is 36.7 Å². The van der Waals surface area contributed by atoms with Crippen LogP contribution in [0.5, 0.6) is 0 Å². The van der Waals surface area contributed by atoms with Gasteiger partial charge in [-0.15, -0.1) is 0 Å². The predicted octanol–water partition coefficient (Wildman–Crippen LogP) is 12.7. The summed E-state index contributed by atoms with van der Waals surface area (Å²) >= 11 is 2.94. The molecule has 5 rings (SSSR count). The molecular weight excluding hydrogens is 727 g/mol. The molecule has 2 aromatic rings. The second-order valence-electron chi connectivity index (χ2n) is 13.7. The van der Waals surface area contributed by atoms with Crippen LogP contribution in [0.3, 0.4) is 0 Å². The van der Waals surface area contributed by atoms with E-state index in [2.05, 4.69) is 43.6 Å². The lowest BCUT2D eigenvalue weighted by atomic mass is 9.49. The van der Waals surface area contributed by atoms with Crippen molar-refractivity contribution in [3.8, 4) is 0 Å². The van der Waals surface area contributed by atoms with Gasteiger partial charge in [-0.2, -0.15) is 0 Å². The quantitative estimate of drug-likeness (QED) is 0.211. The molecule has 0 bridgehead atoms. The molecule has 0 saturated carbocycles. The van der Waals surface area contributed by atoms with Crippen LogP contribution in [-0.2, 0) is 27.9 Å². The van der Waals surface area contributed by atoms with Crippen molar-refractivity contribution in [1.29, 1.82) is 0 Å². The van der Waals surface area contributed by atoms with E-state index < -0.39 is 14.0 Å². The van der Waals surface area contributed by atoms with Crippen LogP contribution in [0, 0.1) is 11.6 Å². The molecule has 52 heavy (non-hydrogen) atoms. The molecular formula is C40H76B3BrF2O6. The molecule has 0 aromatic heterocycles. The van der Waals surface area contributed by atoms with Crippen LogP contribution in [0.1, 0.15) is 138 Å². The van der Waals surface area contributed by atoms with Gasteiger partial charge in [0.2, 0.25) is 0 Å². The van der Waals surface area contributed by atoms with Crippen molar-refractivity contribution in [3.63, 3.8) is 0 Å². The number of rotatable bonds is 1. The normalized spacial score (nSPS) is 19.6. The summed E-state index contributed by atoms with van der Waals surface area (Å²) in [5, 5.41) is 0. The Morgan fingerprint density at radius 2 is 0.558 bits per heavy atom. The predicted molar refractivity (Wildman–Crippen MR) is 227 cm³/mol. The number of hydrogen-bond donors (Lipinski definition) is 0. The smallest absolute Gasteiger partial charge is 0.405 e. The van der Waals surface area contributed by atoms with E-state index >= 15 is 0 Å². The maximum Gasteiger partial charge on any atom is 0.488 e. The van der Waals surface area contributed by atoms with E-state index in [1.165, 1.54) is 24.3 Å². The van der Waals surface area contributed by atoms with Crippen LogP contribution < -0.4 is 0 Å². The Labute approximate surface area is 329 Å². The largest absolute Gasteiger partial charge is 0.488 e. The Morgan fingerprint density at radius 1 is 0.385 bits per heavy atom. The van der Waals surface area contributed by atoms with Crippen molar-refractivity contribution in [2.24, 2.45) is 0 Å².